The minimum atomic E-state index is -0.498. The molecule has 5 atom stereocenters. The van der Waals surface area contributed by atoms with Crippen LogP contribution in [-0.2, 0) is 14.3 Å². The second kappa shape index (κ2) is 3.21. The van der Waals surface area contributed by atoms with Crippen LogP contribution in [0.15, 0.2) is 23.8 Å². The van der Waals surface area contributed by atoms with Gasteiger partial charge in [-0.2, -0.15) is 0 Å². The Labute approximate surface area is 106 Å². The molecule has 0 amide bonds. The fourth-order valence-corrected chi connectivity index (χ4v) is 4.56. The molecule has 0 aromatic carbocycles. The third-order valence-electron chi connectivity index (χ3n) is 5.41. The molecule has 0 N–H and O–H groups in total. The van der Waals surface area contributed by atoms with E-state index in [1.165, 1.54) is 0 Å². The molecule has 1 saturated carbocycles. The van der Waals surface area contributed by atoms with Crippen LogP contribution < -0.4 is 0 Å². The Morgan fingerprint density at radius 1 is 1.39 bits per heavy atom. The first-order chi connectivity index (χ1) is 8.64. The SMILES string of the molecule is C[C@@H]1CC=CC2=CC(=O)[C@@H]3O[C@H]2[C@]12CCC(=O)[C@@H]32. The van der Waals surface area contributed by atoms with Gasteiger partial charge in [-0.05, 0) is 30.4 Å². The molecule has 4 rings (SSSR count). The number of fused-ring (bicyclic) bond motifs is 2. The largest absolute Gasteiger partial charge is 0.361 e. The molecule has 2 bridgehead atoms. The fraction of sp³-hybridized carbons (Fsp3) is 0.600. The Bertz CT molecular complexity index is 516. The van der Waals surface area contributed by atoms with Gasteiger partial charge in [-0.15, -0.1) is 0 Å². The molecule has 4 aliphatic rings. The van der Waals surface area contributed by atoms with Crippen molar-refractivity contribution in [2.24, 2.45) is 17.3 Å². The Kier molecular flexibility index (Phi) is 1.90. The van der Waals surface area contributed by atoms with Crippen LogP contribution in [-0.4, -0.2) is 23.8 Å². The highest BCUT2D eigenvalue weighted by Crippen LogP contribution is 2.61. The molecule has 1 spiro atoms. The lowest BCUT2D eigenvalue weighted by Gasteiger charge is -2.37. The summed E-state index contributed by atoms with van der Waals surface area (Å²) in [5.74, 6) is 0.428. The minimum absolute atomic E-state index is 0.0119. The Balaban J connectivity index is 1.96. The molecule has 0 aromatic rings. The van der Waals surface area contributed by atoms with Crippen LogP contribution in [0.1, 0.15) is 26.2 Å². The zero-order chi connectivity index (χ0) is 12.5. The van der Waals surface area contributed by atoms with Gasteiger partial charge >= 0.3 is 0 Å². The number of carbonyl (C=O) groups is 2. The van der Waals surface area contributed by atoms with E-state index < -0.39 is 6.10 Å². The number of ketones is 2. The molecule has 94 valence electrons. The van der Waals surface area contributed by atoms with E-state index in [-0.39, 0.29) is 29.0 Å². The summed E-state index contributed by atoms with van der Waals surface area (Å²) in [5.41, 5.74) is 0.862. The quantitative estimate of drug-likeness (QED) is 0.653. The van der Waals surface area contributed by atoms with Crippen LogP contribution in [0.5, 0.6) is 0 Å². The predicted molar refractivity (Wildman–Crippen MR) is 64.8 cm³/mol. The summed E-state index contributed by atoms with van der Waals surface area (Å²) in [6.07, 6.45) is 7.79. The van der Waals surface area contributed by atoms with Crippen molar-refractivity contribution >= 4 is 11.6 Å². The van der Waals surface area contributed by atoms with Gasteiger partial charge in [-0.3, -0.25) is 9.59 Å². The maximum absolute atomic E-state index is 12.2. The van der Waals surface area contributed by atoms with Crippen molar-refractivity contribution in [3.05, 3.63) is 23.8 Å². The van der Waals surface area contributed by atoms with Gasteiger partial charge in [0.25, 0.3) is 0 Å². The smallest absolute Gasteiger partial charge is 0.185 e. The summed E-state index contributed by atoms with van der Waals surface area (Å²) in [5, 5.41) is 0. The van der Waals surface area contributed by atoms with Gasteiger partial charge in [0.15, 0.2) is 5.78 Å². The van der Waals surface area contributed by atoms with E-state index in [1.807, 2.05) is 6.08 Å². The lowest BCUT2D eigenvalue weighted by Crippen LogP contribution is -2.40. The number of allylic oxidation sites excluding steroid dienone is 1. The van der Waals surface area contributed by atoms with Crippen molar-refractivity contribution in [2.45, 2.75) is 38.4 Å². The third kappa shape index (κ3) is 1.01. The van der Waals surface area contributed by atoms with Crippen molar-refractivity contribution in [1.29, 1.82) is 0 Å². The summed E-state index contributed by atoms with van der Waals surface area (Å²) >= 11 is 0. The highest BCUT2D eigenvalue weighted by Gasteiger charge is 2.67. The summed E-state index contributed by atoms with van der Waals surface area (Å²) in [6, 6.07) is 0. The topological polar surface area (TPSA) is 43.4 Å². The van der Waals surface area contributed by atoms with E-state index in [0.29, 0.717) is 12.3 Å². The molecule has 1 saturated heterocycles. The first-order valence-corrected chi connectivity index (χ1v) is 6.75. The number of rotatable bonds is 0. The fourth-order valence-electron chi connectivity index (χ4n) is 4.56. The van der Waals surface area contributed by atoms with Gasteiger partial charge in [0, 0.05) is 11.8 Å². The van der Waals surface area contributed by atoms with Gasteiger partial charge in [0.1, 0.15) is 11.9 Å². The second-order valence-electron chi connectivity index (χ2n) is 6.08. The average molecular weight is 244 g/mol. The molecule has 18 heavy (non-hydrogen) atoms. The van der Waals surface area contributed by atoms with Crippen molar-refractivity contribution in [3.63, 3.8) is 0 Å². The lowest BCUT2D eigenvalue weighted by molar-refractivity contribution is -0.133. The number of ether oxygens (including phenoxy) is 1. The highest BCUT2D eigenvalue weighted by molar-refractivity contribution is 6.02. The Morgan fingerprint density at radius 2 is 2.22 bits per heavy atom. The highest BCUT2D eigenvalue weighted by atomic mass is 16.5. The van der Waals surface area contributed by atoms with Crippen molar-refractivity contribution in [1.82, 2.24) is 0 Å². The molecule has 3 heteroatoms. The van der Waals surface area contributed by atoms with E-state index >= 15 is 0 Å². The monoisotopic (exact) mass is 244 g/mol. The van der Waals surface area contributed by atoms with Gasteiger partial charge < -0.3 is 4.74 Å². The normalized spacial score (nSPS) is 49.1. The van der Waals surface area contributed by atoms with E-state index in [4.69, 9.17) is 4.74 Å². The van der Waals surface area contributed by atoms with Crippen LogP contribution >= 0.6 is 0 Å². The third-order valence-corrected chi connectivity index (χ3v) is 5.41. The van der Waals surface area contributed by atoms with Crippen molar-refractivity contribution < 1.29 is 14.3 Å². The summed E-state index contributed by atoms with van der Waals surface area (Å²) in [7, 11) is 0. The zero-order valence-electron chi connectivity index (χ0n) is 10.4. The lowest BCUT2D eigenvalue weighted by atomic mass is 9.64. The van der Waals surface area contributed by atoms with Crippen LogP contribution in [0.2, 0.25) is 0 Å². The molecule has 2 heterocycles. The molecule has 0 radical (unpaired) electrons. The first-order valence-electron chi connectivity index (χ1n) is 6.75. The van der Waals surface area contributed by atoms with Gasteiger partial charge in [0.05, 0.1) is 12.0 Å². The number of Topliss-reactive ketones (excluding diaryl/α,β-unsaturated/α-hetero) is 1. The number of hydrogen-bond donors (Lipinski definition) is 0. The van der Waals surface area contributed by atoms with E-state index in [1.54, 1.807) is 6.08 Å². The molecule has 2 aliphatic heterocycles. The van der Waals surface area contributed by atoms with Gasteiger partial charge in [0.2, 0.25) is 0 Å². The van der Waals surface area contributed by atoms with Gasteiger partial charge in [-0.1, -0.05) is 19.1 Å². The molecular formula is C15H16O3. The standard InChI is InChI=1S/C15H16O3/c1-8-3-2-4-9-7-11(17)13-12-10(16)5-6-15(8,12)14(9)18-13/h2,4,7-8,12-14H,3,5-6H2,1H3/t8-,12+,13+,14-,15-/m1/s1. The molecule has 2 aliphatic carbocycles. The van der Waals surface area contributed by atoms with Crippen molar-refractivity contribution in [3.8, 4) is 0 Å². The molecular weight excluding hydrogens is 228 g/mol. The Hall–Kier alpha value is -1.22. The van der Waals surface area contributed by atoms with E-state index in [2.05, 4.69) is 13.0 Å². The summed E-state index contributed by atoms with van der Waals surface area (Å²) in [4.78, 5) is 24.3. The van der Waals surface area contributed by atoms with E-state index in [0.717, 1.165) is 18.4 Å². The molecule has 3 nitrogen and oxygen atoms in total. The zero-order valence-corrected chi connectivity index (χ0v) is 10.4. The Morgan fingerprint density at radius 3 is 3.06 bits per heavy atom. The van der Waals surface area contributed by atoms with Crippen LogP contribution in [0.4, 0.5) is 0 Å². The van der Waals surface area contributed by atoms with Crippen LogP contribution in [0.3, 0.4) is 0 Å². The van der Waals surface area contributed by atoms with E-state index in [9.17, 15) is 9.59 Å². The minimum Gasteiger partial charge on any atom is -0.361 e. The van der Waals surface area contributed by atoms with Crippen LogP contribution in [0.25, 0.3) is 0 Å². The summed E-state index contributed by atoms with van der Waals surface area (Å²) < 4.78 is 5.97. The second-order valence-corrected chi connectivity index (χ2v) is 6.08. The maximum atomic E-state index is 12.2. The molecule has 2 fully saturated rings. The number of hydrogen-bond acceptors (Lipinski definition) is 3. The van der Waals surface area contributed by atoms with Gasteiger partial charge in [-0.25, -0.2) is 0 Å². The van der Waals surface area contributed by atoms with Crippen LogP contribution in [0, 0.1) is 17.3 Å². The molecule has 0 aromatic heterocycles. The summed E-state index contributed by atoms with van der Waals surface area (Å²) in [6.45, 7) is 2.20. The average Bonchev–Trinajstić information content (AvgIpc) is 2.79. The van der Waals surface area contributed by atoms with Crippen molar-refractivity contribution in [2.75, 3.05) is 0 Å². The number of carbonyl (C=O) groups excluding carboxylic acids is 2. The maximum Gasteiger partial charge on any atom is 0.185 e. The predicted octanol–water partition coefficient (Wildman–Crippen LogP) is 1.82. The molecule has 0 unspecified atom stereocenters. The first kappa shape index (κ1) is 10.7.